The maximum atomic E-state index is 11.3. The number of nitrogen functional groups attached to an aromatic ring is 3. The van der Waals surface area contributed by atoms with Gasteiger partial charge in [0.2, 0.25) is 0 Å². The first-order valence-corrected chi connectivity index (χ1v) is 6.28. The van der Waals surface area contributed by atoms with E-state index in [1.165, 1.54) is 11.3 Å². The van der Waals surface area contributed by atoms with Gasteiger partial charge in [-0.1, -0.05) is 0 Å². The first-order valence-electron chi connectivity index (χ1n) is 5.46. The first-order chi connectivity index (χ1) is 8.95. The molecule has 2 aromatic rings. The average Bonchev–Trinajstić information content (AvgIpc) is 2.70. The molecule has 0 aliphatic rings. The minimum atomic E-state index is -0.997. The molecular formula is C12H15N4NaO2S. The van der Waals surface area contributed by atoms with Crippen LogP contribution in [-0.2, 0) is 4.79 Å². The number of carboxylic acid groups (broad SMARTS) is 1. The second kappa shape index (κ2) is 6.85. The van der Waals surface area contributed by atoms with E-state index in [1.807, 2.05) is 0 Å². The summed E-state index contributed by atoms with van der Waals surface area (Å²) in [6.07, 6.45) is 0. The van der Waals surface area contributed by atoms with Crippen molar-refractivity contribution in [1.82, 2.24) is 0 Å². The van der Waals surface area contributed by atoms with Crippen LogP contribution in [0.2, 0.25) is 0 Å². The molecule has 20 heavy (non-hydrogen) atoms. The molecule has 8 N–H and O–H groups in total. The Hall–Kier alpha value is -1.41. The van der Waals surface area contributed by atoms with Crippen LogP contribution in [0.25, 0.3) is 0 Å². The van der Waals surface area contributed by atoms with Crippen molar-refractivity contribution in [2.24, 2.45) is 0 Å². The van der Waals surface area contributed by atoms with E-state index in [4.69, 9.17) is 17.2 Å². The number of nitrogens with two attached hydrogens (primary N) is 3. The van der Waals surface area contributed by atoms with Crippen LogP contribution in [0, 0.1) is 0 Å². The number of thiophene rings is 1. The number of benzene rings is 1. The molecular weight excluding hydrogens is 287 g/mol. The molecule has 0 radical (unpaired) electrons. The number of hydrogen-bond donors (Lipinski definition) is 5. The number of rotatable bonds is 4. The average molecular weight is 302 g/mol. The molecule has 0 aliphatic carbocycles. The Bertz CT molecular complexity index is 597. The Morgan fingerprint density at radius 2 is 1.75 bits per heavy atom. The third-order valence-electron chi connectivity index (χ3n) is 2.47. The van der Waals surface area contributed by atoms with Gasteiger partial charge in [-0.3, -0.25) is 0 Å². The molecule has 0 saturated carbocycles. The van der Waals surface area contributed by atoms with E-state index in [9.17, 15) is 9.90 Å². The predicted octanol–water partition coefficient (Wildman–Crippen LogP) is 1.08. The number of carbonyl (C=O) groups is 1. The van der Waals surface area contributed by atoms with Crippen LogP contribution in [0.5, 0.6) is 0 Å². The fourth-order valence-electron chi connectivity index (χ4n) is 1.70. The van der Waals surface area contributed by atoms with Crippen LogP contribution in [0.3, 0.4) is 0 Å². The maximum absolute atomic E-state index is 11.3. The van der Waals surface area contributed by atoms with Gasteiger partial charge in [-0.2, -0.15) is 0 Å². The van der Waals surface area contributed by atoms with Gasteiger partial charge in [-0.25, -0.2) is 4.79 Å². The van der Waals surface area contributed by atoms with Crippen LogP contribution in [-0.4, -0.2) is 40.6 Å². The van der Waals surface area contributed by atoms with Crippen molar-refractivity contribution in [3.8, 4) is 0 Å². The number of anilines is 4. The standard InChI is InChI=1S/C12H14N4O2S.Na.H/c13-6-3-7(14)5-8(4-6)16-11(12(17)18)9-1-2-10(15)19-9;;/h1-5,11,16H,13-15H2,(H,17,18);;. The summed E-state index contributed by atoms with van der Waals surface area (Å²) in [5.41, 5.74) is 18.4. The zero-order chi connectivity index (χ0) is 14.0. The molecule has 2 rings (SSSR count). The van der Waals surface area contributed by atoms with Crippen molar-refractivity contribution in [2.75, 3.05) is 22.5 Å². The molecule has 1 unspecified atom stereocenters. The summed E-state index contributed by atoms with van der Waals surface area (Å²) in [7, 11) is 0. The molecule has 0 bridgehead atoms. The van der Waals surface area contributed by atoms with E-state index in [1.54, 1.807) is 30.3 Å². The third kappa shape index (κ3) is 4.04. The molecule has 1 atom stereocenters. The van der Waals surface area contributed by atoms with Gasteiger partial charge < -0.3 is 27.6 Å². The first kappa shape index (κ1) is 16.6. The zero-order valence-corrected chi connectivity index (χ0v) is 10.8. The molecule has 0 spiro atoms. The summed E-state index contributed by atoms with van der Waals surface area (Å²) >= 11 is 1.22. The van der Waals surface area contributed by atoms with Crippen molar-refractivity contribution in [3.05, 3.63) is 35.2 Å². The molecule has 0 aliphatic heterocycles. The van der Waals surface area contributed by atoms with Crippen LogP contribution < -0.4 is 22.5 Å². The van der Waals surface area contributed by atoms with Gasteiger partial charge in [-0.15, -0.1) is 11.3 Å². The van der Waals surface area contributed by atoms with E-state index in [0.29, 0.717) is 26.9 Å². The van der Waals surface area contributed by atoms with Crippen LogP contribution >= 0.6 is 11.3 Å². The second-order valence-electron chi connectivity index (χ2n) is 4.04. The molecule has 1 aromatic heterocycles. The monoisotopic (exact) mass is 302 g/mol. The van der Waals surface area contributed by atoms with Crippen molar-refractivity contribution in [2.45, 2.75) is 6.04 Å². The summed E-state index contributed by atoms with van der Waals surface area (Å²) in [6, 6.07) is 7.33. The van der Waals surface area contributed by atoms with Crippen molar-refractivity contribution in [3.63, 3.8) is 0 Å². The molecule has 6 nitrogen and oxygen atoms in total. The van der Waals surface area contributed by atoms with Crippen LogP contribution in [0.4, 0.5) is 22.1 Å². The summed E-state index contributed by atoms with van der Waals surface area (Å²) in [5.74, 6) is -0.997. The predicted molar refractivity (Wildman–Crippen MR) is 85.1 cm³/mol. The number of hydrogen-bond acceptors (Lipinski definition) is 6. The normalized spacial score (nSPS) is 11.4. The second-order valence-corrected chi connectivity index (χ2v) is 5.19. The van der Waals surface area contributed by atoms with E-state index in [2.05, 4.69) is 5.32 Å². The van der Waals surface area contributed by atoms with Gasteiger partial charge in [0.1, 0.15) is 0 Å². The summed E-state index contributed by atoms with van der Waals surface area (Å²) in [6.45, 7) is 0. The molecule has 1 aromatic carbocycles. The fourth-order valence-corrected chi connectivity index (χ4v) is 2.53. The van der Waals surface area contributed by atoms with Gasteiger partial charge in [-0.05, 0) is 30.3 Å². The van der Waals surface area contributed by atoms with E-state index in [0.717, 1.165) is 0 Å². The Kier molecular flexibility index (Phi) is 5.70. The zero-order valence-electron chi connectivity index (χ0n) is 9.96. The molecule has 8 heteroatoms. The minimum absolute atomic E-state index is 0. The van der Waals surface area contributed by atoms with Gasteiger partial charge in [0.25, 0.3) is 0 Å². The molecule has 0 amide bonds. The molecule has 0 fully saturated rings. The summed E-state index contributed by atoms with van der Waals surface area (Å²) < 4.78 is 0. The fraction of sp³-hybridized carbons (Fsp3) is 0.0833. The van der Waals surface area contributed by atoms with Crippen molar-refractivity contribution in [1.29, 1.82) is 0 Å². The topological polar surface area (TPSA) is 127 Å². The Balaban J connectivity index is 0.00000200. The van der Waals surface area contributed by atoms with E-state index >= 15 is 0 Å². The Morgan fingerprint density at radius 1 is 1.15 bits per heavy atom. The third-order valence-corrected chi connectivity index (χ3v) is 3.45. The van der Waals surface area contributed by atoms with Gasteiger partial charge >= 0.3 is 35.5 Å². The van der Waals surface area contributed by atoms with Crippen LogP contribution in [0.15, 0.2) is 30.3 Å². The number of nitrogens with one attached hydrogen (secondary N) is 1. The SMILES string of the molecule is Nc1cc(N)cc(NC(C(=O)O)c2ccc(N)s2)c1.[NaH]. The summed E-state index contributed by atoms with van der Waals surface area (Å²) in [4.78, 5) is 11.9. The Labute approximate surface area is 142 Å². The van der Waals surface area contributed by atoms with Crippen molar-refractivity contribution >= 4 is 68.9 Å². The van der Waals surface area contributed by atoms with Crippen LogP contribution in [0.1, 0.15) is 10.9 Å². The molecule has 102 valence electrons. The molecule has 0 saturated heterocycles. The van der Waals surface area contributed by atoms with Gasteiger partial charge in [0, 0.05) is 21.9 Å². The molecule has 1 heterocycles. The van der Waals surface area contributed by atoms with Gasteiger partial charge in [0.15, 0.2) is 6.04 Å². The van der Waals surface area contributed by atoms with Crippen molar-refractivity contribution < 1.29 is 9.90 Å². The van der Waals surface area contributed by atoms with Gasteiger partial charge in [0.05, 0.1) is 5.00 Å². The number of carboxylic acids is 1. The Morgan fingerprint density at radius 3 is 2.20 bits per heavy atom. The summed E-state index contributed by atoms with van der Waals surface area (Å²) in [5, 5.41) is 12.7. The van der Waals surface area contributed by atoms with E-state index < -0.39 is 12.0 Å². The van der Waals surface area contributed by atoms with E-state index in [-0.39, 0.29) is 29.6 Å². The number of aliphatic carboxylic acids is 1. The quantitative estimate of drug-likeness (QED) is 0.425.